The molecule has 0 unspecified atom stereocenters. The van der Waals surface area contributed by atoms with Crippen molar-refractivity contribution in [3.8, 4) is 6.07 Å². The SMILES string of the molecule is CC(=O)N1C[C@H](Nc2cc(Br)cc(C#N)c2)[C@@H](O[Si](C)(C)C(C)(C)C)C1. The van der Waals surface area contributed by atoms with Gasteiger partial charge in [0.05, 0.1) is 23.8 Å². The zero-order valence-electron chi connectivity index (χ0n) is 16.4. The zero-order valence-corrected chi connectivity index (χ0v) is 19.0. The number of hydrogen-bond donors (Lipinski definition) is 1. The quantitative estimate of drug-likeness (QED) is 0.710. The van der Waals surface area contributed by atoms with Crippen LogP contribution in [-0.2, 0) is 9.22 Å². The van der Waals surface area contributed by atoms with Crippen molar-refractivity contribution < 1.29 is 9.22 Å². The van der Waals surface area contributed by atoms with Crippen molar-refractivity contribution in [1.82, 2.24) is 4.90 Å². The van der Waals surface area contributed by atoms with Crippen molar-refractivity contribution in [3.05, 3.63) is 28.2 Å². The third-order valence-corrected chi connectivity index (χ3v) is 10.3. The van der Waals surface area contributed by atoms with E-state index in [0.29, 0.717) is 18.7 Å². The minimum Gasteiger partial charge on any atom is -0.410 e. The van der Waals surface area contributed by atoms with Gasteiger partial charge >= 0.3 is 0 Å². The first-order valence-electron chi connectivity index (χ1n) is 8.83. The highest BCUT2D eigenvalue weighted by Gasteiger charge is 2.44. The van der Waals surface area contributed by atoms with Gasteiger partial charge in [0.15, 0.2) is 8.32 Å². The van der Waals surface area contributed by atoms with Gasteiger partial charge in [-0.3, -0.25) is 4.79 Å². The molecular weight excluding hydrogens is 410 g/mol. The number of carbonyl (C=O) groups excluding carboxylic acids is 1. The molecule has 1 saturated heterocycles. The molecule has 1 heterocycles. The summed E-state index contributed by atoms with van der Waals surface area (Å²) in [6, 6.07) is 7.72. The second-order valence-corrected chi connectivity index (χ2v) is 14.1. The predicted octanol–water partition coefficient (Wildman–Crippen LogP) is 4.35. The lowest BCUT2D eigenvalue weighted by atomic mass is 10.1. The van der Waals surface area contributed by atoms with E-state index in [9.17, 15) is 10.1 Å². The summed E-state index contributed by atoms with van der Waals surface area (Å²) in [5, 5.41) is 12.8. The topological polar surface area (TPSA) is 65.4 Å². The fourth-order valence-corrected chi connectivity index (χ4v) is 4.64. The fourth-order valence-electron chi connectivity index (χ4n) is 2.80. The molecule has 2 rings (SSSR count). The Bertz CT molecular complexity index is 724. The maximum Gasteiger partial charge on any atom is 0.219 e. The maximum absolute atomic E-state index is 11.9. The number of nitriles is 1. The summed E-state index contributed by atoms with van der Waals surface area (Å²) in [5.74, 6) is 0.0603. The molecule has 7 heteroatoms. The van der Waals surface area contributed by atoms with Gasteiger partial charge in [-0.2, -0.15) is 5.26 Å². The molecule has 0 spiro atoms. The Balaban J connectivity index is 2.24. The number of anilines is 1. The van der Waals surface area contributed by atoms with Crippen LogP contribution in [0.2, 0.25) is 18.1 Å². The Hall–Kier alpha value is -1.36. The van der Waals surface area contributed by atoms with Gasteiger partial charge in [-0.1, -0.05) is 36.7 Å². The van der Waals surface area contributed by atoms with E-state index in [0.717, 1.165) is 10.2 Å². The van der Waals surface area contributed by atoms with E-state index in [1.807, 2.05) is 17.0 Å². The van der Waals surface area contributed by atoms with Crippen molar-refractivity contribution in [3.63, 3.8) is 0 Å². The number of rotatable bonds is 4. The number of amides is 1. The molecule has 0 aliphatic carbocycles. The average molecular weight is 438 g/mol. The first-order chi connectivity index (χ1) is 11.9. The third kappa shape index (κ3) is 4.87. The van der Waals surface area contributed by atoms with E-state index in [4.69, 9.17) is 4.43 Å². The number of nitrogens with one attached hydrogen (secondary N) is 1. The highest BCUT2D eigenvalue weighted by Crippen LogP contribution is 2.38. The molecule has 26 heavy (non-hydrogen) atoms. The second kappa shape index (κ2) is 7.71. The Morgan fingerprint density at radius 1 is 1.35 bits per heavy atom. The maximum atomic E-state index is 11.9. The van der Waals surface area contributed by atoms with Crippen molar-refractivity contribution in [1.29, 1.82) is 5.26 Å². The zero-order chi connectivity index (χ0) is 19.7. The number of halogens is 1. The summed E-state index contributed by atoms with van der Waals surface area (Å²) in [6.07, 6.45) is -0.0655. The number of carbonyl (C=O) groups is 1. The smallest absolute Gasteiger partial charge is 0.219 e. The second-order valence-electron chi connectivity index (χ2n) is 8.43. The predicted molar refractivity (Wildman–Crippen MR) is 111 cm³/mol. The van der Waals surface area contributed by atoms with E-state index in [-0.39, 0.29) is 23.1 Å². The van der Waals surface area contributed by atoms with Crippen LogP contribution in [0.25, 0.3) is 0 Å². The summed E-state index contributed by atoms with van der Waals surface area (Å²) >= 11 is 3.45. The Labute approximate surface area is 166 Å². The van der Waals surface area contributed by atoms with Crippen LogP contribution in [0.3, 0.4) is 0 Å². The normalized spacial score (nSPS) is 20.8. The molecule has 0 bridgehead atoms. The minimum atomic E-state index is -1.96. The van der Waals surface area contributed by atoms with Gasteiger partial charge < -0.3 is 14.6 Å². The number of benzene rings is 1. The molecule has 1 N–H and O–H groups in total. The molecule has 1 fully saturated rings. The molecule has 142 valence electrons. The number of likely N-dealkylation sites (tertiary alicyclic amines) is 1. The Morgan fingerprint density at radius 3 is 2.54 bits per heavy atom. The summed E-state index contributed by atoms with van der Waals surface area (Å²) in [4.78, 5) is 13.7. The number of hydrogen-bond acceptors (Lipinski definition) is 4. The lowest BCUT2D eigenvalue weighted by Crippen LogP contribution is -2.48. The van der Waals surface area contributed by atoms with Crippen molar-refractivity contribution >= 4 is 35.8 Å². The van der Waals surface area contributed by atoms with Gasteiger partial charge in [-0.05, 0) is 36.3 Å². The highest BCUT2D eigenvalue weighted by molar-refractivity contribution is 9.10. The van der Waals surface area contributed by atoms with E-state index in [1.165, 1.54) is 0 Å². The molecule has 0 aromatic heterocycles. The molecule has 1 amide bonds. The van der Waals surface area contributed by atoms with Crippen LogP contribution in [0, 0.1) is 11.3 Å². The van der Waals surface area contributed by atoms with Crippen molar-refractivity contribution in [2.45, 2.75) is 58.0 Å². The fraction of sp³-hybridized carbons (Fsp3) is 0.579. The molecule has 1 aliphatic heterocycles. The standard InChI is InChI=1S/C19H28BrN3O2Si/c1-13(24)23-11-17(18(12-23)25-26(5,6)19(2,3)4)22-16-8-14(10-21)7-15(20)9-16/h7-9,17-18,22H,11-12H2,1-6H3/t17-,18-/m0/s1. The molecule has 1 aromatic carbocycles. The van der Waals surface area contributed by atoms with Gasteiger partial charge in [0.2, 0.25) is 5.91 Å². The largest absolute Gasteiger partial charge is 0.410 e. The number of nitrogens with zero attached hydrogens (tertiary/aromatic N) is 2. The summed E-state index contributed by atoms with van der Waals surface area (Å²) < 4.78 is 7.47. The van der Waals surface area contributed by atoms with Crippen molar-refractivity contribution in [2.75, 3.05) is 18.4 Å². The molecule has 1 aliphatic rings. The molecule has 5 nitrogen and oxygen atoms in total. The molecule has 0 radical (unpaired) electrons. The van der Waals surface area contributed by atoms with E-state index < -0.39 is 8.32 Å². The van der Waals surface area contributed by atoms with Crippen LogP contribution in [0.4, 0.5) is 5.69 Å². The molecular formula is C19H28BrN3O2Si. The van der Waals surface area contributed by atoms with Crippen LogP contribution in [-0.4, -0.2) is 44.4 Å². The summed E-state index contributed by atoms with van der Waals surface area (Å²) in [5.41, 5.74) is 1.44. The highest BCUT2D eigenvalue weighted by atomic mass is 79.9. The van der Waals surface area contributed by atoms with Crippen molar-refractivity contribution in [2.24, 2.45) is 0 Å². The van der Waals surface area contributed by atoms with E-state index in [2.05, 4.69) is 61.2 Å². The van der Waals surface area contributed by atoms with Gasteiger partial charge in [0.1, 0.15) is 0 Å². The van der Waals surface area contributed by atoms with Gasteiger partial charge in [-0.25, -0.2) is 0 Å². The van der Waals surface area contributed by atoms with Crippen LogP contribution < -0.4 is 5.32 Å². The molecule has 0 saturated carbocycles. The van der Waals surface area contributed by atoms with Crippen LogP contribution in [0.1, 0.15) is 33.3 Å². The monoisotopic (exact) mass is 437 g/mol. The first kappa shape index (κ1) is 20.9. The van der Waals surface area contributed by atoms with Gasteiger partial charge in [0.25, 0.3) is 0 Å². The van der Waals surface area contributed by atoms with Gasteiger partial charge in [-0.15, -0.1) is 0 Å². The van der Waals surface area contributed by atoms with E-state index in [1.54, 1.807) is 13.0 Å². The Morgan fingerprint density at radius 2 is 2.00 bits per heavy atom. The molecule has 2 atom stereocenters. The average Bonchev–Trinajstić information content (AvgIpc) is 2.88. The van der Waals surface area contributed by atoms with Crippen LogP contribution in [0.15, 0.2) is 22.7 Å². The summed E-state index contributed by atoms with van der Waals surface area (Å²) in [6.45, 7) is 13.9. The first-order valence-corrected chi connectivity index (χ1v) is 12.5. The Kier molecular flexibility index (Phi) is 6.21. The molecule has 1 aromatic rings. The van der Waals surface area contributed by atoms with E-state index >= 15 is 0 Å². The van der Waals surface area contributed by atoms with Crippen LogP contribution >= 0.6 is 15.9 Å². The van der Waals surface area contributed by atoms with Crippen LogP contribution in [0.5, 0.6) is 0 Å². The van der Waals surface area contributed by atoms with Gasteiger partial charge in [0, 0.05) is 30.2 Å². The summed E-state index contributed by atoms with van der Waals surface area (Å²) in [7, 11) is -1.96. The minimum absolute atomic E-state index is 0.00568. The lowest BCUT2D eigenvalue weighted by Gasteiger charge is -2.39. The third-order valence-electron chi connectivity index (χ3n) is 5.34. The lowest BCUT2D eigenvalue weighted by molar-refractivity contribution is -0.128.